The lowest BCUT2D eigenvalue weighted by Crippen LogP contribution is -2.52. The zero-order valence-corrected chi connectivity index (χ0v) is 21.9. The molecule has 35 heavy (non-hydrogen) atoms. The third-order valence-corrected chi connectivity index (χ3v) is 6.73. The molecule has 0 saturated heterocycles. The Kier molecular flexibility index (Phi) is 10.0. The second kappa shape index (κ2) is 12.5. The van der Waals surface area contributed by atoms with Gasteiger partial charge in [0.2, 0.25) is 21.8 Å². The van der Waals surface area contributed by atoms with E-state index in [0.717, 1.165) is 28.1 Å². The number of carbonyl (C=O) groups is 3. The monoisotopic (exact) mass is 501 g/mol. The van der Waals surface area contributed by atoms with Crippen LogP contribution < -0.4 is 9.62 Å². The first-order valence-electron chi connectivity index (χ1n) is 11.7. The number of amides is 2. The molecule has 1 unspecified atom stereocenters. The number of rotatable bonds is 12. The second-order valence-corrected chi connectivity index (χ2v) is 10.5. The maximum absolute atomic E-state index is 13.6. The van der Waals surface area contributed by atoms with Crippen molar-refractivity contribution in [2.24, 2.45) is 0 Å². The molecule has 1 N–H and O–H groups in total. The van der Waals surface area contributed by atoms with Crippen molar-refractivity contribution in [3.63, 3.8) is 0 Å². The highest BCUT2D eigenvalue weighted by Crippen LogP contribution is 2.21. The molecule has 2 aromatic carbocycles. The molecule has 0 aliphatic carbocycles. The number of aryl methyl sites for hydroxylation is 1. The van der Waals surface area contributed by atoms with Crippen molar-refractivity contribution in [2.45, 2.75) is 53.1 Å². The summed E-state index contributed by atoms with van der Waals surface area (Å²) in [6.07, 6.45) is 2.13. The number of hydrogen-bond acceptors (Lipinski definition) is 5. The first-order chi connectivity index (χ1) is 16.5. The summed E-state index contributed by atoms with van der Waals surface area (Å²) in [5, 5.41) is 2.85. The number of carbonyl (C=O) groups excluding carboxylic acids is 3. The fourth-order valence-electron chi connectivity index (χ4n) is 3.79. The molecule has 0 aliphatic heterocycles. The van der Waals surface area contributed by atoms with Crippen LogP contribution in [0.1, 0.15) is 55.1 Å². The van der Waals surface area contributed by atoms with Gasteiger partial charge in [0.05, 0.1) is 11.9 Å². The van der Waals surface area contributed by atoms with E-state index in [1.54, 1.807) is 12.1 Å². The summed E-state index contributed by atoms with van der Waals surface area (Å²) >= 11 is 0. The topological polar surface area (TPSA) is 104 Å². The maximum atomic E-state index is 13.6. The van der Waals surface area contributed by atoms with Gasteiger partial charge in [0, 0.05) is 18.7 Å². The Morgan fingerprint density at radius 1 is 1.03 bits per heavy atom. The van der Waals surface area contributed by atoms with Crippen molar-refractivity contribution in [2.75, 3.05) is 23.7 Å². The Bertz CT molecular complexity index is 1160. The fourth-order valence-corrected chi connectivity index (χ4v) is 4.63. The number of sulfonamides is 1. The van der Waals surface area contributed by atoms with E-state index in [9.17, 15) is 22.8 Å². The Morgan fingerprint density at radius 2 is 1.71 bits per heavy atom. The van der Waals surface area contributed by atoms with Gasteiger partial charge in [-0.2, -0.15) is 0 Å². The van der Waals surface area contributed by atoms with Gasteiger partial charge in [0.25, 0.3) is 0 Å². The average Bonchev–Trinajstić information content (AvgIpc) is 2.80. The van der Waals surface area contributed by atoms with Crippen LogP contribution in [0.15, 0.2) is 48.5 Å². The number of nitrogens with zero attached hydrogens (tertiary/aromatic N) is 2. The molecule has 2 rings (SSSR count). The highest BCUT2D eigenvalue weighted by molar-refractivity contribution is 7.92. The van der Waals surface area contributed by atoms with Crippen molar-refractivity contribution in [3.05, 3.63) is 65.2 Å². The first-order valence-corrected chi connectivity index (χ1v) is 13.5. The lowest BCUT2D eigenvalue weighted by molar-refractivity contribution is -0.140. The van der Waals surface area contributed by atoms with E-state index in [1.165, 1.54) is 24.0 Å². The normalized spacial score (nSPS) is 12.0. The van der Waals surface area contributed by atoms with E-state index in [4.69, 9.17) is 0 Å². The number of anilines is 1. The van der Waals surface area contributed by atoms with Gasteiger partial charge in [-0.15, -0.1) is 0 Å². The SMILES string of the molecule is CCCNC(=O)C(CC)N(Cc1cccc(C)c1)C(=O)CN(c1cccc(C(C)=O)c1)S(C)(=O)=O. The number of benzene rings is 2. The Balaban J connectivity index is 2.46. The minimum atomic E-state index is -3.86. The van der Waals surface area contributed by atoms with Crippen LogP contribution in [0.5, 0.6) is 0 Å². The highest BCUT2D eigenvalue weighted by Gasteiger charge is 2.31. The van der Waals surface area contributed by atoms with Gasteiger partial charge in [-0.3, -0.25) is 18.7 Å². The lowest BCUT2D eigenvalue weighted by atomic mass is 10.1. The van der Waals surface area contributed by atoms with E-state index in [2.05, 4.69) is 5.32 Å². The minimum absolute atomic E-state index is 0.156. The van der Waals surface area contributed by atoms with Gasteiger partial charge >= 0.3 is 0 Å². The van der Waals surface area contributed by atoms with Crippen molar-refractivity contribution >= 4 is 33.3 Å². The van der Waals surface area contributed by atoms with Crippen molar-refractivity contribution < 1.29 is 22.8 Å². The Labute approximate surface area is 208 Å². The molecular formula is C26H35N3O5S. The van der Waals surface area contributed by atoms with Crippen molar-refractivity contribution in [3.8, 4) is 0 Å². The molecule has 0 spiro atoms. The summed E-state index contributed by atoms with van der Waals surface area (Å²) in [5.74, 6) is -1.00. The fraction of sp³-hybridized carbons (Fsp3) is 0.423. The molecular weight excluding hydrogens is 466 g/mol. The molecule has 2 aromatic rings. The van der Waals surface area contributed by atoms with Crippen LogP contribution in [0, 0.1) is 6.92 Å². The molecule has 0 aliphatic rings. The molecule has 0 bridgehead atoms. The van der Waals surface area contributed by atoms with Crippen LogP contribution in [-0.2, 0) is 26.2 Å². The van der Waals surface area contributed by atoms with Crippen LogP contribution in [0.25, 0.3) is 0 Å². The smallest absolute Gasteiger partial charge is 0.244 e. The molecule has 0 fully saturated rings. The molecule has 0 heterocycles. The van der Waals surface area contributed by atoms with Crippen LogP contribution in [0.2, 0.25) is 0 Å². The van der Waals surface area contributed by atoms with E-state index >= 15 is 0 Å². The van der Waals surface area contributed by atoms with E-state index < -0.39 is 28.5 Å². The first kappa shape index (κ1) is 28.0. The van der Waals surface area contributed by atoms with Crippen LogP contribution in [-0.4, -0.2) is 56.3 Å². The zero-order valence-electron chi connectivity index (χ0n) is 21.1. The predicted molar refractivity (Wildman–Crippen MR) is 138 cm³/mol. The molecule has 1 atom stereocenters. The summed E-state index contributed by atoms with van der Waals surface area (Å²) in [6.45, 7) is 7.23. The van der Waals surface area contributed by atoms with Gasteiger partial charge in [-0.25, -0.2) is 8.42 Å². The van der Waals surface area contributed by atoms with Gasteiger partial charge in [-0.1, -0.05) is 55.8 Å². The third kappa shape index (κ3) is 7.92. The number of ketones is 1. The van der Waals surface area contributed by atoms with Gasteiger partial charge in [-0.05, 0) is 44.4 Å². The van der Waals surface area contributed by atoms with Crippen LogP contribution >= 0.6 is 0 Å². The largest absolute Gasteiger partial charge is 0.354 e. The van der Waals surface area contributed by atoms with Crippen LogP contribution in [0.4, 0.5) is 5.69 Å². The predicted octanol–water partition coefficient (Wildman–Crippen LogP) is 3.30. The maximum Gasteiger partial charge on any atom is 0.244 e. The molecule has 0 radical (unpaired) electrons. The van der Waals surface area contributed by atoms with E-state index in [0.29, 0.717) is 18.5 Å². The van der Waals surface area contributed by atoms with E-state index in [1.807, 2.05) is 45.0 Å². The minimum Gasteiger partial charge on any atom is -0.354 e. The van der Waals surface area contributed by atoms with Gasteiger partial charge < -0.3 is 10.2 Å². The Hall–Kier alpha value is -3.20. The van der Waals surface area contributed by atoms with Crippen LogP contribution in [0.3, 0.4) is 0 Å². The van der Waals surface area contributed by atoms with Crippen molar-refractivity contribution in [1.29, 1.82) is 0 Å². The zero-order chi connectivity index (χ0) is 26.2. The standard InChI is InChI=1S/C26H35N3O5S/c1-6-14-27-26(32)24(7-2)28(17-21-11-8-10-19(3)15-21)25(31)18-29(35(5,33)34)23-13-9-12-22(16-23)20(4)30/h8-13,15-16,24H,6-7,14,17-18H2,1-5H3,(H,27,32). The molecule has 0 saturated carbocycles. The summed E-state index contributed by atoms with van der Waals surface area (Å²) < 4.78 is 26.3. The summed E-state index contributed by atoms with van der Waals surface area (Å²) in [6, 6.07) is 13.0. The average molecular weight is 502 g/mol. The number of nitrogens with one attached hydrogen (secondary N) is 1. The molecule has 0 aromatic heterocycles. The quantitative estimate of drug-likeness (QED) is 0.450. The summed E-state index contributed by atoms with van der Waals surface area (Å²) in [5.41, 5.74) is 2.40. The van der Waals surface area contributed by atoms with E-state index in [-0.39, 0.29) is 23.9 Å². The number of hydrogen-bond donors (Lipinski definition) is 1. The van der Waals surface area contributed by atoms with Gasteiger partial charge in [0.15, 0.2) is 5.78 Å². The van der Waals surface area contributed by atoms with Crippen molar-refractivity contribution in [1.82, 2.24) is 10.2 Å². The van der Waals surface area contributed by atoms with Gasteiger partial charge in [0.1, 0.15) is 12.6 Å². The lowest BCUT2D eigenvalue weighted by Gasteiger charge is -2.33. The highest BCUT2D eigenvalue weighted by atomic mass is 32.2. The Morgan fingerprint density at radius 3 is 2.29 bits per heavy atom. The molecule has 2 amide bonds. The third-order valence-electron chi connectivity index (χ3n) is 5.59. The number of Topliss-reactive ketones (excluding diaryl/α,β-unsaturated/α-hetero) is 1. The second-order valence-electron chi connectivity index (χ2n) is 8.60. The summed E-state index contributed by atoms with van der Waals surface area (Å²) in [4.78, 5) is 39.8. The molecule has 190 valence electrons. The summed E-state index contributed by atoms with van der Waals surface area (Å²) in [7, 11) is -3.86. The molecule has 9 heteroatoms. The molecule has 8 nitrogen and oxygen atoms in total.